The number of aryl methyl sites for hydroxylation is 1. The normalized spacial score (nSPS) is 10.5. The first-order valence-corrected chi connectivity index (χ1v) is 7.49. The number of rotatable bonds is 4. The molecule has 0 saturated heterocycles. The zero-order valence-corrected chi connectivity index (χ0v) is 12.8. The molecule has 0 aliphatic carbocycles. The predicted octanol–water partition coefficient (Wildman–Crippen LogP) is 3.87. The largest absolute Gasteiger partial charge is 0.459 e. The van der Waals surface area contributed by atoms with E-state index in [1.165, 1.54) is 35.6 Å². The van der Waals surface area contributed by atoms with Crippen molar-refractivity contribution in [2.75, 3.05) is 5.32 Å². The summed E-state index contributed by atoms with van der Waals surface area (Å²) >= 11 is 1.31. The third-order valence-electron chi connectivity index (χ3n) is 3.02. The summed E-state index contributed by atoms with van der Waals surface area (Å²) in [5, 5.41) is 15.5. The van der Waals surface area contributed by atoms with Gasteiger partial charge in [0.2, 0.25) is 0 Å². The number of nitrogens with one attached hydrogen (secondary N) is 1. The summed E-state index contributed by atoms with van der Waals surface area (Å²) in [5.74, 6) is 0.999. The van der Waals surface area contributed by atoms with Crippen LogP contribution in [0.25, 0.3) is 10.8 Å². The van der Waals surface area contributed by atoms with E-state index in [9.17, 15) is 14.9 Å². The average Bonchev–Trinajstić information content (AvgIpc) is 3.16. The standard InChI is InChI=1S/C15H11N3O4S/c1-9-2-7-13(22-9)15-17-12(8-23-15)14(19)16-10-3-5-11(6-4-10)18(20)21/h2-8H,1H3,(H,16,19). The first-order valence-electron chi connectivity index (χ1n) is 6.61. The molecule has 7 nitrogen and oxygen atoms in total. The van der Waals surface area contributed by atoms with Crippen LogP contribution in [0.3, 0.4) is 0 Å². The Morgan fingerprint density at radius 1 is 1.26 bits per heavy atom. The van der Waals surface area contributed by atoms with Crippen LogP contribution >= 0.6 is 11.3 Å². The third-order valence-corrected chi connectivity index (χ3v) is 3.88. The summed E-state index contributed by atoms with van der Waals surface area (Å²) in [5.41, 5.74) is 0.688. The van der Waals surface area contributed by atoms with Gasteiger partial charge in [-0.05, 0) is 31.2 Å². The van der Waals surface area contributed by atoms with Crippen molar-refractivity contribution in [3.05, 3.63) is 63.3 Å². The van der Waals surface area contributed by atoms with Crippen molar-refractivity contribution in [3.63, 3.8) is 0 Å². The lowest BCUT2D eigenvalue weighted by atomic mass is 10.3. The van der Waals surface area contributed by atoms with Crippen LogP contribution in [0.2, 0.25) is 0 Å². The number of nitrogens with zero attached hydrogens (tertiary/aromatic N) is 2. The lowest BCUT2D eigenvalue weighted by molar-refractivity contribution is -0.384. The number of nitro groups is 1. The molecular formula is C15H11N3O4S. The van der Waals surface area contributed by atoms with Gasteiger partial charge in [-0.15, -0.1) is 11.3 Å². The monoisotopic (exact) mass is 329 g/mol. The van der Waals surface area contributed by atoms with E-state index >= 15 is 0 Å². The minimum atomic E-state index is -0.496. The Labute approximate surface area is 134 Å². The molecule has 0 saturated carbocycles. The van der Waals surface area contributed by atoms with Crippen LogP contribution in [0.15, 0.2) is 46.2 Å². The maximum absolute atomic E-state index is 12.2. The Morgan fingerprint density at radius 3 is 2.61 bits per heavy atom. The number of aromatic nitrogens is 1. The molecule has 116 valence electrons. The molecule has 2 heterocycles. The van der Waals surface area contributed by atoms with Crippen LogP contribution in [0.4, 0.5) is 11.4 Å². The second-order valence-corrected chi connectivity index (χ2v) is 5.56. The van der Waals surface area contributed by atoms with Crippen molar-refractivity contribution in [3.8, 4) is 10.8 Å². The van der Waals surface area contributed by atoms with Crippen LogP contribution in [0.1, 0.15) is 16.2 Å². The molecule has 1 amide bonds. The smallest absolute Gasteiger partial charge is 0.275 e. The topological polar surface area (TPSA) is 98.3 Å². The van der Waals surface area contributed by atoms with Crippen LogP contribution in [-0.4, -0.2) is 15.8 Å². The van der Waals surface area contributed by atoms with Crippen molar-refractivity contribution in [1.82, 2.24) is 4.98 Å². The summed E-state index contributed by atoms with van der Waals surface area (Å²) < 4.78 is 5.47. The number of nitro benzene ring substituents is 1. The van der Waals surface area contributed by atoms with E-state index in [2.05, 4.69) is 10.3 Å². The molecule has 0 unspecified atom stereocenters. The van der Waals surface area contributed by atoms with Gasteiger partial charge in [0.1, 0.15) is 11.5 Å². The molecule has 3 rings (SSSR count). The molecule has 0 spiro atoms. The highest BCUT2D eigenvalue weighted by atomic mass is 32.1. The third kappa shape index (κ3) is 3.27. The Hall–Kier alpha value is -3.00. The van der Waals surface area contributed by atoms with E-state index in [-0.39, 0.29) is 17.3 Å². The molecule has 3 aromatic rings. The molecule has 0 aliphatic heterocycles. The summed E-state index contributed by atoms with van der Waals surface area (Å²) in [6.45, 7) is 1.83. The number of amides is 1. The van der Waals surface area contributed by atoms with Crippen molar-refractivity contribution < 1.29 is 14.1 Å². The molecule has 0 radical (unpaired) electrons. The van der Waals surface area contributed by atoms with Crippen LogP contribution < -0.4 is 5.32 Å². The van der Waals surface area contributed by atoms with Gasteiger partial charge >= 0.3 is 0 Å². The van der Waals surface area contributed by atoms with Crippen molar-refractivity contribution in [2.24, 2.45) is 0 Å². The molecule has 1 N–H and O–H groups in total. The first-order chi connectivity index (χ1) is 11.0. The second-order valence-electron chi connectivity index (χ2n) is 4.71. The number of non-ortho nitro benzene ring substituents is 1. The van der Waals surface area contributed by atoms with Gasteiger partial charge in [0.25, 0.3) is 11.6 Å². The number of carbonyl (C=O) groups is 1. The lowest BCUT2D eigenvalue weighted by Crippen LogP contribution is -2.12. The van der Waals surface area contributed by atoms with Crippen molar-refractivity contribution in [2.45, 2.75) is 6.92 Å². The summed E-state index contributed by atoms with van der Waals surface area (Å²) in [6, 6.07) is 9.22. The van der Waals surface area contributed by atoms with Crippen LogP contribution in [0.5, 0.6) is 0 Å². The highest BCUT2D eigenvalue weighted by molar-refractivity contribution is 7.13. The van der Waals surface area contributed by atoms with Gasteiger partial charge in [0.15, 0.2) is 10.8 Å². The average molecular weight is 329 g/mol. The Balaban J connectivity index is 1.73. The molecule has 0 atom stereocenters. The molecule has 2 aromatic heterocycles. The Bertz CT molecular complexity index is 867. The maximum Gasteiger partial charge on any atom is 0.275 e. The van der Waals surface area contributed by atoms with Crippen LogP contribution in [-0.2, 0) is 0 Å². The van der Waals surface area contributed by atoms with E-state index in [0.717, 1.165) is 5.76 Å². The molecule has 1 aromatic carbocycles. The highest BCUT2D eigenvalue weighted by Gasteiger charge is 2.14. The Kier molecular flexibility index (Phi) is 3.90. The Morgan fingerprint density at radius 2 is 2.00 bits per heavy atom. The van der Waals surface area contributed by atoms with Gasteiger partial charge in [-0.1, -0.05) is 0 Å². The minimum Gasteiger partial charge on any atom is -0.459 e. The predicted molar refractivity (Wildman–Crippen MR) is 85.6 cm³/mol. The van der Waals surface area contributed by atoms with E-state index < -0.39 is 4.92 Å². The molecule has 0 aliphatic rings. The number of thiazole rings is 1. The molecular weight excluding hydrogens is 318 g/mol. The molecule has 23 heavy (non-hydrogen) atoms. The number of hydrogen-bond donors (Lipinski definition) is 1. The highest BCUT2D eigenvalue weighted by Crippen LogP contribution is 2.26. The minimum absolute atomic E-state index is 0.0351. The fraction of sp³-hybridized carbons (Fsp3) is 0.0667. The lowest BCUT2D eigenvalue weighted by Gasteiger charge is -2.02. The fourth-order valence-electron chi connectivity index (χ4n) is 1.90. The zero-order chi connectivity index (χ0) is 16.4. The summed E-state index contributed by atoms with van der Waals surface area (Å²) in [4.78, 5) is 26.5. The van der Waals surface area contributed by atoms with E-state index in [1.807, 2.05) is 13.0 Å². The molecule has 8 heteroatoms. The van der Waals surface area contributed by atoms with Crippen molar-refractivity contribution in [1.29, 1.82) is 0 Å². The van der Waals surface area contributed by atoms with Crippen LogP contribution in [0, 0.1) is 17.0 Å². The second kappa shape index (κ2) is 6.01. The summed E-state index contributed by atoms with van der Waals surface area (Å²) in [6.07, 6.45) is 0. The number of hydrogen-bond acceptors (Lipinski definition) is 6. The number of furan rings is 1. The van der Waals surface area contributed by atoms with Gasteiger partial charge in [0, 0.05) is 23.2 Å². The van der Waals surface area contributed by atoms with Gasteiger partial charge in [-0.25, -0.2) is 4.98 Å². The number of carbonyl (C=O) groups excluding carboxylic acids is 1. The van der Waals surface area contributed by atoms with E-state index in [4.69, 9.17) is 4.42 Å². The fourth-order valence-corrected chi connectivity index (χ4v) is 2.66. The van der Waals surface area contributed by atoms with E-state index in [0.29, 0.717) is 16.5 Å². The van der Waals surface area contributed by atoms with Gasteiger partial charge in [0.05, 0.1) is 4.92 Å². The van der Waals surface area contributed by atoms with Gasteiger partial charge in [-0.2, -0.15) is 0 Å². The molecule has 0 bridgehead atoms. The first kappa shape index (κ1) is 14.9. The van der Waals surface area contributed by atoms with Gasteiger partial charge < -0.3 is 9.73 Å². The quantitative estimate of drug-likeness (QED) is 0.578. The maximum atomic E-state index is 12.2. The molecule has 0 fully saturated rings. The number of benzene rings is 1. The number of anilines is 1. The zero-order valence-electron chi connectivity index (χ0n) is 12.0. The summed E-state index contributed by atoms with van der Waals surface area (Å²) in [7, 11) is 0. The van der Waals surface area contributed by atoms with Crippen molar-refractivity contribution >= 4 is 28.6 Å². The van der Waals surface area contributed by atoms with E-state index in [1.54, 1.807) is 11.4 Å². The SMILES string of the molecule is Cc1ccc(-c2nc(C(=O)Nc3ccc([N+](=O)[O-])cc3)cs2)o1. The van der Waals surface area contributed by atoms with Gasteiger partial charge in [-0.3, -0.25) is 14.9 Å².